The number of hydrogen-bond acceptors (Lipinski definition) is 2. The molecule has 0 unspecified atom stereocenters. The van der Waals surface area contributed by atoms with E-state index in [-0.39, 0.29) is 24.1 Å². The second-order valence-electron chi connectivity index (χ2n) is 5.54. The van der Waals surface area contributed by atoms with Gasteiger partial charge in [0.2, 0.25) is 5.91 Å². The van der Waals surface area contributed by atoms with Crippen LogP contribution in [0.4, 0.5) is 4.39 Å². The molecule has 0 bridgehead atoms. The van der Waals surface area contributed by atoms with Gasteiger partial charge in [0.05, 0.1) is 5.41 Å². The monoisotopic (exact) mass is 330 g/mol. The summed E-state index contributed by atoms with van der Waals surface area (Å²) in [6.07, 6.45) is 2.37. The predicted octanol–water partition coefficient (Wildman–Crippen LogP) is 3.75. The van der Waals surface area contributed by atoms with Crippen LogP contribution in [0.1, 0.15) is 45.6 Å². The number of halogens is 2. The van der Waals surface area contributed by atoms with Crippen LogP contribution in [0.2, 0.25) is 0 Å². The standard InChI is InChI=1S/C17H27FN2O.ClH/c1-4-11-20(12-14-7-9-15(18)10-8-14)16(21)17(5-2,6-3)13-19;/h7-10H,4-6,11-13,19H2,1-3H3;1H. The van der Waals surface area contributed by atoms with E-state index in [0.717, 1.165) is 24.8 Å². The van der Waals surface area contributed by atoms with E-state index in [1.165, 1.54) is 12.1 Å². The van der Waals surface area contributed by atoms with Crippen LogP contribution in [0.3, 0.4) is 0 Å². The lowest BCUT2D eigenvalue weighted by molar-refractivity contribution is -0.143. The van der Waals surface area contributed by atoms with Crippen molar-refractivity contribution in [3.05, 3.63) is 35.6 Å². The van der Waals surface area contributed by atoms with Crippen molar-refractivity contribution in [2.24, 2.45) is 11.1 Å². The molecular weight excluding hydrogens is 303 g/mol. The molecule has 0 saturated carbocycles. The van der Waals surface area contributed by atoms with Gasteiger partial charge in [0.25, 0.3) is 0 Å². The largest absolute Gasteiger partial charge is 0.338 e. The van der Waals surface area contributed by atoms with Crippen LogP contribution in [0, 0.1) is 11.2 Å². The van der Waals surface area contributed by atoms with Crippen molar-refractivity contribution in [3.8, 4) is 0 Å². The second kappa shape index (κ2) is 9.80. The van der Waals surface area contributed by atoms with Gasteiger partial charge in [-0.05, 0) is 37.0 Å². The van der Waals surface area contributed by atoms with E-state index in [0.29, 0.717) is 19.6 Å². The molecule has 1 aromatic carbocycles. The topological polar surface area (TPSA) is 46.3 Å². The van der Waals surface area contributed by atoms with Gasteiger partial charge < -0.3 is 10.6 Å². The molecule has 0 aliphatic carbocycles. The first kappa shape index (κ1) is 20.9. The summed E-state index contributed by atoms with van der Waals surface area (Å²) in [5, 5.41) is 0. The van der Waals surface area contributed by atoms with Crippen molar-refractivity contribution in [2.45, 2.75) is 46.6 Å². The SMILES string of the molecule is CCCN(Cc1ccc(F)cc1)C(=O)C(CC)(CC)CN.Cl. The van der Waals surface area contributed by atoms with Crippen molar-refractivity contribution in [3.63, 3.8) is 0 Å². The van der Waals surface area contributed by atoms with Gasteiger partial charge in [-0.15, -0.1) is 12.4 Å². The summed E-state index contributed by atoms with van der Waals surface area (Å²) in [6.45, 7) is 7.63. The van der Waals surface area contributed by atoms with E-state index in [4.69, 9.17) is 5.73 Å². The first-order valence-electron chi connectivity index (χ1n) is 7.76. The van der Waals surface area contributed by atoms with Crippen molar-refractivity contribution >= 4 is 18.3 Å². The van der Waals surface area contributed by atoms with Gasteiger partial charge in [0, 0.05) is 19.6 Å². The highest BCUT2D eigenvalue weighted by Gasteiger charge is 2.36. The molecule has 0 aliphatic rings. The van der Waals surface area contributed by atoms with E-state index >= 15 is 0 Å². The molecule has 0 saturated heterocycles. The molecule has 0 atom stereocenters. The molecule has 0 aliphatic heterocycles. The number of carbonyl (C=O) groups excluding carboxylic acids is 1. The van der Waals surface area contributed by atoms with Gasteiger partial charge in [0.15, 0.2) is 0 Å². The van der Waals surface area contributed by atoms with Crippen LogP contribution in [-0.4, -0.2) is 23.9 Å². The fraction of sp³-hybridized carbons (Fsp3) is 0.588. The molecule has 0 aromatic heterocycles. The molecule has 1 aromatic rings. The summed E-state index contributed by atoms with van der Waals surface area (Å²) >= 11 is 0. The number of nitrogens with zero attached hydrogens (tertiary/aromatic N) is 1. The highest BCUT2D eigenvalue weighted by Crippen LogP contribution is 2.28. The van der Waals surface area contributed by atoms with Gasteiger partial charge in [0.1, 0.15) is 5.82 Å². The molecule has 0 radical (unpaired) electrons. The summed E-state index contributed by atoms with van der Waals surface area (Å²) < 4.78 is 13.0. The van der Waals surface area contributed by atoms with E-state index in [2.05, 4.69) is 0 Å². The average molecular weight is 331 g/mol. The number of benzene rings is 1. The van der Waals surface area contributed by atoms with Crippen LogP contribution < -0.4 is 5.73 Å². The fourth-order valence-corrected chi connectivity index (χ4v) is 2.60. The minimum Gasteiger partial charge on any atom is -0.338 e. The third-order valence-corrected chi connectivity index (χ3v) is 4.27. The van der Waals surface area contributed by atoms with Gasteiger partial charge in [-0.3, -0.25) is 4.79 Å². The number of nitrogens with two attached hydrogens (primary N) is 1. The summed E-state index contributed by atoms with van der Waals surface area (Å²) in [5.41, 5.74) is 6.34. The quantitative estimate of drug-likeness (QED) is 0.789. The molecule has 1 amide bonds. The van der Waals surface area contributed by atoms with Crippen LogP contribution in [0.25, 0.3) is 0 Å². The lowest BCUT2D eigenvalue weighted by Gasteiger charge is -2.35. The van der Waals surface area contributed by atoms with Crippen LogP contribution in [-0.2, 0) is 11.3 Å². The highest BCUT2D eigenvalue weighted by molar-refractivity contribution is 5.85. The van der Waals surface area contributed by atoms with Crippen molar-refractivity contribution < 1.29 is 9.18 Å². The number of rotatable bonds is 8. The molecule has 2 N–H and O–H groups in total. The van der Waals surface area contributed by atoms with E-state index in [9.17, 15) is 9.18 Å². The Morgan fingerprint density at radius 3 is 2.14 bits per heavy atom. The lowest BCUT2D eigenvalue weighted by Crippen LogP contribution is -2.47. The zero-order valence-corrected chi connectivity index (χ0v) is 14.6. The molecule has 3 nitrogen and oxygen atoms in total. The molecule has 0 spiro atoms. The molecule has 22 heavy (non-hydrogen) atoms. The van der Waals surface area contributed by atoms with Gasteiger partial charge >= 0.3 is 0 Å². The summed E-state index contributed by atoms with van der Waals surface area (Å²) in [4.78, 5) is 14.7. The number of amides is 1. The Labute approximate surface area is 139 Å². The van der Waals surface area contributed by atoms with Crippen molar-refractivity contribution in [1.82, 2.24) is 4.90 Å². The van der Waals surface area contributed by atoms with E-state index < -0.39 is 5.41 Å². The van der Waals surface area contributed by atoms with E-state index in [1.807, 2.05) is 25.7 Å². The summed E-state index contributed by atoms with van der Waals surface area (Å²) in [5.74, 6) is -0.147. The van der Waals surface area contributed by atoms with Crippen LogP contribution in [0.5, 0.6) is 0 Å². The third-order valence-electron chi connectivity index (χ3n) is 4.27. The number of carbonyl (C=O) groups is 1. The molecule has 1 rings (SSSR count). The van der Waals surface area contributed by atoms with E-state index in [1.54, 1.807) is 12.1 Å². The average Bonchev–Trinajstić information content (AvgIpc) is 2.51. The van der Waals surface area contributed by atoms with Gasteiger partial charge in [-0.1, -0.05) is 32.9 Å². The van der Waals surface area contributed by atoms with Crippen LogP contribution in [0.15, 0.2) is 24.3 Å². The first-order valence-corrected chi connectivity index (χ1v) is 7.76. The maximum atomic E-state index is 13.0. The molecular formula is C17H28ClFN2O. The lowest BCUT2D eigenvalue weighted by atomic mass is 9.80. The summed E-state index contributed by atoms with van der Waals surface area (Å²) in [6, 6.07) is 6.32. The molecule has 0 heterocycles. The number of hydrogen-bond donors (Lipinski definition) is 1. The molecule has 126 valence electrons. The zero-order valence-electron chi connectivity index (χ0n) is 13.8. The maximum absolute atomic E-state index is 13.0. The minimum absolute atomic E-state index is 0. The summed E-state index contributed by atoms with van der Waals surface area (Å²) in [7, 11) is 0. The van der Waals surface area contributed by atoms with Crippen LogP contribution >= 0.6 is 12.4 Å². The molecule has 0 fully saturated rings. The Morgan fingerprint density at radius 2 is 1.73 bits per heavy atom. The highest BCUT2D eigenvalue weighted by atomic mass is 35.5. The minimum atomic E-state index is -0.477. The smallest absolute Gasteiger partial charge is 0.230 e. The van der Waals surface area contributed by atoms with Gasteiger partial charge in [-0.2, -0.15) is 0 Å². The van der Waals surface area contributed by atoms with Crippen molar-refractivity contribution in [2.75, 3.05) is 13.1 Å². The Bertz CT molecular complexity index is 438. The Hall–Kier alpha value is -1.13. The Kier molecular flexibility index (Phi) is 9.30. The van der Waals surface area contributed by atoms with Crippen molar-refractivity contribution in [1.29, 1.82) is 0 Å². The first-order chi connectivity index (χ1) is 10.0. The predicted molar refractivity (Wildman–Crippen MR) is 91.4 cm³/mol. The van der Waals surface area contributed by atoms with Gasteiger partial charge in [-0.25, -0.2) is 4.39 Å². The molecule has 5 heteroatoms. The fourth-order valence-electron chi connectivity index (χ4n) is 2.60. The second-order valence-corrected chi connectivity index (χ2v) is 5.54. The third kappa shape index (κ3) is 4.96. The normalized spacial score (nSPS) is 11.0. The zero-order chi connectivity index (χ0) is 15.9. The Morgan fingerprint density at radius 1 is 1.18 bits per heavy atom. The maximum Gasteiger partial charge on any atom is 0.230 e. The Balaban J connectivity index is 0.00000441.